The number of carbonyl (C=O) groups excluding carboxylic acids is 3. The van der Waals surface area contributed by atoms with Gasteiger partial charge in [0.25, 0.3) is 0 Å². The molecular formula is C17H17Cl6N3O5. The van der Waals surface area contributed by atoms with Crippen LogP contribution in [-0.4, -0.2) is 55.3 Å². The number of nitrogens with one attached hydrogen (secondary N) is 1. The van der Waals surface area contributed by atoms with E-state index < -0.39 is 39.2 Å². The van der Waals surface area contributed by atoms with Crippen molar-refractivity contribution in [2.24, 2.45) is 0 Å². The number of hydrogen-bond donors (Lipinski definition) is 1. The van der Waals surface area contributed by atoms with Gasteiger partial charge < -0.3 is 14.4 Å². The molecule has 1 aromatic carbocycles. The monoisotopic (exact) mass is 553 g/mol. The highest BCUT2D eigenvalue weighted by Crippen LogP contribution is 2.33. The van der Waals surface area contributed by atoms with Gasteiger partial charge in [0.2, 0.25) is 13.5 Å². The van der Waals surface area contributed by atoms with Crippen molar-refractivity contribution in [1.29, 1.82) is 0 Å². The molecule has 1 heterocycles. The summed E-state index contributed by atoms with van der Waals surface area (Å²) in [5, 5.41) is 0.760. The van der Waals surface area contributed by atoms with E-state index in [1.54, 1.807) is 12.1 Å². The molecule has 1 aliphatic heterocycles. The van der Waals surface area contributed by atoms with Gasteiger partial charge in [-0.25, -0.2) is 15.0 Å². The van der Waals surface area contributed by atoms with Crippen molar-refractivity contribution in [3.8, 4) is 0 Å². The predicted molar refractivity (Wildman–Crippen MR) is 119 cm³/mol. The maximum Gasteiger partial charge on any atom is 0.431 e. The lowest BCUT2D eigenvalue weighted by atomic mass is 9.96. The van der Waals surface area contributed by atoms with Gasteiger partial charge in [0.15, 0.2) is 6.17 Å². The largest absolute Gasteiger partial charge is 0.444 e. The van der Waals surface area contributed by atoms with Crippen molar-refractivity contribution in [2.75, 3.05) is 19.8 Å². The first-order chi connectivity index (χ1) is 14.3. The Balaban J connectivity index is 2.38. The van der Waals surface area contributed by atoms with Crippen LogP contribution >= 0.6 is 69.6 Å². The predicted octanol–water partition coefficient (Wildman–Crippen LogP) is 4.91. The van der Waals surface area contributed by atoms with E-state index in [4.69, 9.17) is 79.1 Å². The fourth-order valence-electron chi connectivity index (χ4n) is 2.85. The van der Waals surface area contributed by atoms with Gasteiger partial charge in [-0.1, -0.05) is 93.9 Å². The highest BCUT2D eigenvalue weighted by Gasteiger charge is 2.39. The Hall–Kier alpha value is -1.03. The van der Waals surface area contributed by atoms with Crippen molar-refractivity contribution in [2.45, 2.75) is 27.1 Å². The molecule has 14 heteroatoms. The van der Waals surface area contributed by atoms with Gasteiger partial charge in [-0.05, 0) is 12.0 Å². The lowest BCUT2D eigenvalue weighted by molar-refractivity contribution is -0.136. The Morgan fingerprint density at radius 1 is 1.06 bits per heavy atom. The Labute approximate surface area is 208 Å². The fraction of sp³-hybridized carbons (Fsp3) is 0.471. The average molecular weight is 556 g/mol. The molecule has 3 amide bonds. The normalized spacial score (nSPS) is 16.2. The molecule has 31 heavy (non-hydrogen) atoms. The van der Waals surface area contributed by atoms with E-state index in [1.807, 2.05) is 12.1 Å². The van der Waals surface area contributed by atoms with Crippen molar-refractivity contribution in [3.63, 3.8) is 0 Å². The molecule has 1 aromatic rings. The number of fused-ring (bicyclic) bond motifs is 1. The molecule has 0 saturated carbocycles. The Bertz CT molecular complexity index is 829. The van der Waals surface area contributed by atoms with Crippen LogP contribution in [0.2, 0.25) is 0 Å². The first kappa shape index (κ1) is 26.2. The number of alkyl halides is 6. The highest BCUT2D eigenvalue weighted by atomic mass is 35.6. The third kappa shape index (κ3) is 8.11. The summed E-state index contributed by atoms with van der Waals surface area (Å²) >= 11 is 33.7. The van der Waals surface area contributed by atoms with Crippen molar-refractivity contribution < 1.29 is 23.9 Å². The van der Waals surface area contributed by atoms with E-state index >= 15 is 0 Å². The minimum absolute atomic E-state index is 0.274. The summed E-state index contributed by atoms with van der Waals surface area (Å²) in [5.41, 5.74) is 3.66. The molecular weight excluding hydrogens is 539 g/mol. The molecule has 0 aliphatic carbocycles. The summed E-state index contributed by atoms with van der Waals surface area (Å²) in [7, 11) is 0. The third-order valence-corrected chi connectivity index (χ3v) is 4.69. The van der Waals surface area contributed by atoms with E-state index in [1.165, 1.54) is 11.8 Å². The van der Waals surface area contributed by atoms with Crippen molar-refractivity contribution >= 4 is 87.7 Å². The van der Waals surface area contributed by atoms with Gasteiger partial charge in [0.05, 0.1) is 0 Å². The van der Waals surface area contributed by atoms with Gasteiger partial charge in [-0.2, -0.15) is 5.01 Å². The molecule has 1 N–H and O–H groups in total. The zero-order chi connectivity index (χ0) is 23.4. The lowest BCUT2D eigenvalue weighted by Gasteiger charge is -2.42. The second kappa shape index (κ2) is 10.7. The van der Waals surface area contributed by atoms with Gasteiger partial charge in [-0.15, -0.1) is 0 Å². The molecule has 1 atom stereocenters. The van der Waals surface area contributed by atoms with E-state index in [2.05, 4.69) is 5.43 Å². The van der Waals surface area contributed by atoms with Crippen LogP contribution in [0.4, 0.5) is 9.59 Å². The molecule has 0 bridgehead atoms. The van der Waals surface area contributed by atoms with Gasteiger partial charge in [-0.3, -0.25) is 4.79 Å². The molecule has 0 aromatic heterocycles. The molecule has 0 spiro atoms. The topological polar surface area (TPSA) is 88.2 Å². The molecule has 1 aliphatic rings. The van der Waals surface area contributed by atoms with E-state index in [0.29, 0.717) is 12.0 Å². The molecule has 0 fully saturated rings. The zero-order valence-electron chi connectivity index (χ0n) is 15.9. The Morgan fingerprint density at radius 3 is 2.23 bits per heavy atom. The van der Waals surface area contributed by atoms with E-state index in [9.17, 15) is 14.4 Å². The van der Waals surface area contributed by atoms with Crippen LogP contribution in [-0.2, 0) is 20.7 Å². The summed E-state index contributed by atoms with van der Waals surface area (Å²) in [4.78, 5) is 38.8. The molecule has 2 rings (SSSR count). The summed E-state index contributed by atoms with van der Waals surface area (Å²) in [5.74, 6) is -0.352. The second-order valence-electron chi connectivity index (χ2n) is 6.38. The van der Waals surface area contributed by atoms with Crippen LogP contribution in [0.1, 0.15) is 24.2 Å². The molecule has 0 radical (unpaired) electrons. The average Bonchev–Trinajstić information content (AvgIpc) is 2.66. The zero-order valence-corrected chi connectivity index (χ0v) is 20.5. The molecule has 0 saturated heterocycles. The molecule has 8 nitrogen and oxygen atoms in total. The highest BCUT2D eigenvalue weighted by molar-refractivity contribution is 6.68. The van der Waals surface area contributed by atoms with Crippen LogP contribution in [0.3, 0.4) is 0 Å². The quantitative estimate of drug-likeness (QED) is 0.423. The van der Waals surface area contributed by atoms with Gasteiger partial charge >= 0.3 is 12.2 Å². The standard InChI is InChI=1S/C17H17Cl6N3O5/c1-10(27)25-7-6-11-4-2-3-5-12(11)13(25)26(15(29)31-9-17(21,22)23)24-14(28)30-8-16(18,19)20/h2-5,13H,6-9H2,1H3,(H,24,28). The molecule has 172 valence electrons. The summed E-state index contributed by atoms with van der Waals surface area (Å²) in [6, 6.07) is 7.08. The minimum Gasteiger partial charge on any atom is -0.444 e. The maximum atomic E-state index is 12.8. The first-order valence-corrected chi connectivity index (χ1v) is 10.9. The second-order valence-corrected chi connectivity index (χ2v) is 11.4. The lowest BCUT2D eigenvalue weighted by Crippen LogP contribution is -2.56. The molecule has 1 unspecified atom stereocenters. The number of rotatable bonds is 3. The van der Waals surface area contributed by atoms with Crippen molar-refractivity contribution in [3.05, 3.63) is 35.4 Å². The number of ether oxygens (including phenoxy) is 2. The summed E-state index contributed by atoms with van der Waals surface area (Å²) in [6.45, 7) is 0.383. The Morgan fingerprint density at radius 2 is 1.65 bits per heavy atom. The van der Waals surface area contributed by atoms with Crippen molar-refractivity contribution in [1.82, 2.24) is 15.3 Å². The Kier molecular flexibility index (Phi) is 9.07. The number of hydrogen-bond acceptors (Lipinski definition) is 5. The fourth-order valence-corrected chi connectivity index (χ4v) is 3.18. The van der Waals surface area contributed by atoms with Gasteiger partial charge in [0, 0.05) is 19.0 Å². The van der Waals surface area contributed by atoms with E-state index in [-0.39, 0.29) is 12.5 Å². The van der Waals surface area contributed by atoms with Crippen LogP contribution in [0.25, 0.3) is 0 Å². The third-order valence-electron chi connectivity index (χ3n) is 4.03. The number of benzene rings is 1. The minimum atomic E-state index is -1.90. The number of halogens is 6. The number of nitrogens with zero attached hydrogens (tertiary/aromatic N) is 2. The number of carbonyl (C=O) groups is 3. The smallest absolute Gasteiger partial charge is 0.431 e. The number of amides is 3. The number of hydrazine groups is 1. The summed E-state index contributed by atoms with van der Waals surface area (Å²) < 4.78 is 6.07. The van der Waals surface area contributed by atoms with Crippen LogP contribution < -0.4 is 5.43 Å². The SMILES string of the molecule is CC(=O)N1CCc2ccccc2C1N(NC(=O)OCC(Cl)(Cl)Cl)C(=O)OCC(Cl)(Cl)Cl. The van der Waals surface area contributed by atoms with Crippen LogP contribution in [0, 0.1) is 0 Å². The van der Waals surface area contributed by atoms with Crippen LogP contribution in [0.5, 0.6) is 0 Å². The van der Waals surface area contributed by atoms with Crippen LogP contribution in [0.15, 0.2) is 24.3 Å². The summed E-state index contributed by atoms with van der Waals surface area (Å²) in [6.07, 6.45) is -2.76. The van der Waals surface area contributed by atoms with Gasteiger partial charge in [0.1, 0.15) is 13.2 Å². The maximum absolute atomic E-state index is 12.8. The first-order valence-electron chi connectivity index (χ1n) is 8.66. The van der Waals surface area contributed by atoms with E-state index in [0.717, 1.165) is 10.6 Å².